The average molecular weight is 400 g/mol. The molecule has 130 valence electrons. The molecule has 0 fully saturated rings. The van der Waals surface area contributed by atoms with Gasteiger partial charge in [-0.05, 0) is 36.2 Å². The number of nitrogens with zero attached hydrogens (tertiary/aromatic N) is 2. The van der Waals surface area contributed by atoms with Crippen molar-refractivity contribution in [2.24, 2.45) is 0 Å². The Morgan fingerprint density at radius 2 is 2.08 bits per heavy atom. The monoisotopic (exact) mass is 399 g/mol. The zero-order chi connectivity index (χ0) is 18.5. The molecule has 0 saturated heterocycles. The SMILES string of the molecule is CCc1ccccc1NC=C(C#N)c1nc(-c2ccc(Cl)cc2Cl)cs1. The highest BCUT2D eigenvalue weighted by molar-refractivity contribution is 7.11. The van der Waals surface area contributed by atoms with E-state index in [0.717, 1.165) is 23.4 Å². The van der Waals surface area contributed by atoms with Crippen molar-refractivity contribution >= 4 is 45.8 Å². The van der Waals surface area contributed by atoms with Crippen LogP contribution in [0, 0.1) is 11.3 Å². The van der Waals surface area contributed by atoms with Gasteiger partial charge in [-0.3, -0.25) is 0 Å². The van der Waals surface area contributed by atoms with Gasteiger partial charge in [-0.2, -0.15) is 5.26 Å². The molecule has 0 saturated carbocycles. The van der Waals surface area contributed by atoms with Gasteiger partial charge < -0.3 is 5.32 Å². The van der Waals surface area contributed by atoms with Crippen LogP contribution in [-0.2, 0) is 6.42 Å². The minimum atomic E-state index is 0.470. The predicted octanol–water partition coefficient (Wildman–Crippen LogP) is 6.66. The molecule has 0 spiro atoms. The fourth-order valence-corrected chi connectivity index (χ4v) is 3.77. The minimum absolute atomic E-state index is 0.470. The summed E-state index contributed by atoms with van der Waals surface area (Å²) >= 11 is 13.6. The Labute approximate surface area is 166 Å². The van der Waals surface area contributed by atoms with Crippen molar-refractivity contribution in [1.82, 2.24) is 4.98 Å². The number of anilines is 1. The lowest BCUT2D eigenvalue weighted by molar-refractivity contribution is 1.14. The second kappa shape index (κ2) is 8.37. The Balaban J connectivity index is 1.87. The van der Waals surface area contributed by atoms with Gasteiger partial charge in [0.05, 0.1) is 10.7 Å². The van der Waals surface area contributed by atoms with Crippen LogP contribution in [0.2, 0.25) is 10.0 Å². The van der Waals surface area contributed by atoms with E-state index in [1.54, 1.807) is 18.3 Å². The molecule has 0 radical (unpaired) electrons. The van der Waals surface area contributed by atoms with E-state index in [1.807, 2.05) is 29.6 Å². The molecule has 0 bridgehead atoms. The molecule has 0 unspecified atom stereocenters. The molecule has 1 aromatic heterocycles. The molecule has 3 aromatic rings. The van der Waals surface area contributed by atoms with Crippen LogP contribution in [0.4, 0.5) is 5.69 Å². The summed E-state index contributed by atoms with van der Waals surface area (Å²) in [5.41, 5.74) is 4.16. The van der Waals surface area contributed by atoms with Gasteiger partial charge in [0.25, 0.3) is 0 Å². The summed E-state index contributed by atoms with van der Waals surface area (Å²) in [5, 5.41) is 16.4. The third kappa shape index (κ3) is 4.08. The molecule has 1 N–H and O–H groups in total. The quantitative estimate of drug-likeness (QED) is 0.488. The number of benzene rings is 2. The Morgan fingerprint density at radius 1 is 1.27 bits per heavy atom. The van der Waals surface area contributed by atoms with Crippen LogP contribution in [0.3, 0.4) is 0 Å². The molecule has 0 aliphatic carbocycles. The van der Waals surface area contributed by atoms with Gasteiger partial charge in [-0.25, -0.2) is 4.98 Å². The molecule has 3 rings (SSSR count). The second-order valence-electron chi connectivity index (χ2n) is 5.49. The third-order valence-electron chi connectivity index (χ3n) is 3.83. The van der Waals surface area contributed by atoms with E-state index >= 15 is 0 Å². The summed E-state index contributed by atoms with van der Waals surface area (Å²) in [5.74, 6) is 0. The van der Waals surface area contributed by atoms with Crippen LogP contribution < -0.4 is 5.32 Å². The predicted molar refractivity (Wildman–Crippen MR) is 111 cm³/mol. The van der Waals surface area contributed by atoms with Crippen LogP contribution >= 0.6 is 34.5 Å². The molecule has 6 heteroatoms. The van der Waals surface area contributed by atoms with Crippen molar-refractivity contribution in [3.05, 3.63) is 74.7 Å². The highest BCUT2D eigenvalue weighted by atomic mass is 35.5. The first kappa shape index (κ1) is 18.5. The molecule has 2 aromatic carbocycles. The molecule has 0 aliphatic rings. The molecular weight excluding hydrogens is 385 g/mol. The molecule has 0 atom stereocenters. The second-order valence-corrected chi connectivity index (χ2v) is 7.19. The Morgan fingerprint density at radius 3 is 2.81 bits per heavy atom. The van der Waals surface area contributed by atoms with E-state index in [0.29, 0.717) is 20.6 Å². The number of halogens is 2. The lowest BCUT2D eigenvalue weighted by Crippen LogP contribution is -1.95. The van der Waals surface area contributed by atoms with Crippen molar-refractivity contribution in [1.29, 1.82) is 5.26 Å². The van der Waals surface area contributed by atoms with E-state index < -0.39 is 0 Å². The number of thiazole rings is 1. The topological polar surface area (TPSA) is 48.7 Å². The van der Waals surface area contributed by atoms with Gasteiger partial charge in [-0.15, -0.1) is 11.3 Å². The first-order chi connectivity index (χ1) is 12.6. The first-order valence-electron chi connectivity index (χ1n) is 7.98. The number of nitrogens with one attached hydrogen (secondary N) is 1. The molecule has 26 heavy (non-hydrogen) atoms. The van der Waals surface area contributed by atoms with E-state index in [-0.39, 0.29) is 0 Å². The number of aromatic nitrogens is 1. The van der Waals surface area contributed by atoms with E-state index in [4.69, 9.17) is 23.2 Å². The Kier molecular flexibility index (Phi) is 5.95. The van der Waals surface area contributed by atoms with Crippen molar-refractivity contribution in [2.75, 3.05) is 5.32 Å². The van der Waals surface area contributed by atoms with Crippen LogP contribution in [0.15, 0.2) is 54.0 Å². The average Bonchev–Trinajstić information content (AvgIpc) is 3.12. The van der Waals surface area contributed by atoms with Gasteiger partial charge in [0.2, 0.25) is 0 Å². The summed E-state index contributed by atoms with van der Waals surface area (Å²) < 4.78 is 0. The van der Waals surface area contributed by atoms with Crippen molar-refractivity contribution < 1.29 is 0 Å². The first-order valence-corrected chi connectivity index (χ1v) is 9.62. The molecule has 1 heterocycles. The summed E-state index contributed by atoms with van der Waals surface area (Å²) in [6.07, 6.45) is 2.61. The zero-order valence-electron chi connectivity index (χ0n) is 14.0. The smallest absolute Gasteiger partial charge is 0.136 e. The maximum Gasteiger partial charge on any atom is 0.136 e. The molecule has 0 amide bonds. The summed E-state index contributed by atoms with van der Waals surface area (Å²) in [6, 6.07) is 15.5. The van der Waals surface area contributed by atoms with Crippen LogP contribution in [0.1, 0.15) is 17.5 Å². The lowest BCUT2D eigenvalue weighted by atomic mass is 10.1. The third-order valence-corrected chi connectivity index (χ3v) is 5.26. The number of aryl methyl sites for hydroxylation is 1. The normalized spacial score (nSPS) is 11.2. The fraction of sp³-hybridized carbons (Fsp3) is 0.100. The molecule has 0 aliphatic heterocycles. The van der Waals surface area contributed by atoms with Crippen LogP contribution in [0.25, 0.3) is 16.8 Å². The van der Waals surface area contributed by atoms with Gasteiger partial charge >= 0.3 is 0 Å². The maximum atomic E-state index is 9.52. The summed E-state index contributed by atoms with van der Waals surface area (Å²) in [6.45, 7) is 2.10. The largest absolute Gasteiger partial charge is 0.360 e. The Hall–Kier alpha value is -2.32. The highest BCUT2D eigenvalue weighted by Gasteiger charge is 2.12. The standard InChI is InChI=1S/C20H15Cl2N3S/c1-2-13-5-3-4-6-18(13)24-11-14(10-23)20-25-19(12-26-20)16-8-7-15(21)9-17(16)22/h3-9,11-12,24H,2H2,1H3. The van der Waals surface area contributed by atoms with Crippen LogP contribution in [0.5, 0.6) is 0 Å². The minimum Gasteiger partial charge on any atom is -0.360 e. The van der Waals surface area contributed by atoms with E-state index in [2.05, 4.69) is 29.4 Å². The maximum absolute atomic E-state index is 9.52. The van der Waals surface area contributed by atoms with E-state index in [9.17, 15) is 5.26 Å². The zero-order valence-corrected chi connectivity index (χ0v) is 16.3. The number of allylic oxidation sites excluding steroid dienone is 1. The fourth-order valence-electron chi connectivity index (χ4n) is 2.48. The molecular formula is C20H15Cl2N3S. The van der Waals surface area contributed by atoms with E-state index in [1.165, 1.54) is 16.9 Å². The number of para-hydroxylation sites is 1. The van der Waals surface area contributed by atoms with Crippen LogP contribution in [-0.4, -0.2) is 4.98 Å². The number of nitriles is 1. The summed E-state index contributed by atoms with van der Waals surface area (Å²) in [4.78, 5) is 4.56. The van der Waals surface area contributed by atoms with Gasteiger partial charge in [-0.1, -0.05) is 48.3 Å². The number of hydrogen-bond acceptors (Lipinski definition) is 4. The Bertz CT molecular complexity index is 1000. The van der Waals surface area contributed by atoms with Crippen molar-refractivity contribution in [3.8, 4) is 17.3 Å². The number of hydrogen-bond donors (Lipinski definition) is 1. The highest BCUT2D eigenvalue weighted by Crippen LogP contribution is 2.32. The molecule has 3 nitrogen and oxygen atoms in total. The lowest BCUT2D eigenvalue weighted by Gasteiger charge is -2.07. The van der Waals surface area contributed by atoms with Gasteiger partial charge in [0.15, 0.2) is 0 Å². The van der Waals surface area contributed by atoms with Crippen molar-refractivity contribution in [3.63, 3.8) is 0 Å². The number of rotatable bonds is 5. The van der Waals surface area contributed by atoms with Crippen molar-refractivity contribution in [2.45, 2.75) is 13.3 Å². The van der Waals surface area contributed by atoms with Gasteiger partial charge in [0, 0.05) is 27.9 Å². The summed E-state index contributed by atoms with van der Waals surface area (Å²) in [7, 11) is 0. The van der Waals surface area contributed by atoms with Gasteiger partial charge in [0.1, 0.15) is 16.6 Å².